The standard InChI is InChI=1S/C21H31N3O/c22-21(25)20-4-3-11-24(20)15-17-12-19(13-17)18-7-5-16(6-8-18)14-23-9-1-2-10-23/h5-8,17,19-20H,1-4,9-15H2,(H2,22,25). The van der Waals surface area contributed by atoms with Gasteiger partial charge < -0.3 is 5.73 Å². The Hall–Kier alpha value is -1.39. The summed E-state index contributed by atoms with van der Waals surface area (Å²) in [5, 5.41) is 0. The second-order valence-electron chi connectivity index (χ2n) is 8.31. The quantitative estimate of drug-likeness (QED) is 0.865. The number of hydrogen-bond acceptors (Lipinski definition) is 3. The molecular formula is C21H31N3O. The molecule has 0 aromatic heterocycles. The number of hydrogen-bond donors (Lipinski definition) is 1. The third kappa shape index (κ3) is 3.90. The topological polar surface area (TPSA) is 49.6 Å². The highest BCUT2D eigenvalue weighted by Crippen LogP contribution is 2.42. The predicted molar refractivity (Wildman–Crippen MR) is 100 cm³/mol. The number of amides is 1. The first kappa shape index (κ1) is 17.0. The van der Waals surface area contributed by atoms with Crippen LogP contribution < -0.4 is 5.73 Å². The average Bonchev–Trinajstić information content (AvgIpc) is 3.23. The van der Waals surface area contributed by atoms with Crippen molar-refractivity contribution >= 4 is 5.91 Å². The summed E-state index contributed by atoms with van der Waals surface area (Å²) in [4.78, 5) is 16.4. The van der Waals surface area contributed by atoms with Crippen molar-refractivity contribution in [1.29, 1.82) is 0 Å². The number of rotatable bonds is 6. The Kier molecular flexibility index (Phi) is 5.09. The minimum Gasteiger partial charge on any atom is -0.368 e. The summed E-state index contributed by atoms with van der Waals surface area (Å²) in [6, 6.07) is 9.32. The number of likely N-dealkylation sites (tertiary alicyclic amines) is 2. The van der Waals surface area contributed by atoms with Crippen molar-refractivity contribution in [1.82, 2.24) is 9.80 Å². The molecule has 1 aromatic carbocycles. The van der Waals surface area contributed by atoms with Gasteiger partial charge in [-0.25, -0.2) is 0 Å². The van der Waals surface area contributed by atoms with Gasteiger partial charge in [-0.3, -0.25) is 14.6 Å². The fourth-order valence-electron chi connectivity index (χ4n) is 4.95. The largest absolute Gasteiger partial charge is 0.368 e. The molecular weight excluding hydrogens is 310 g/mol. The Morgan fingerprint density at radius 1 is 1.04 bits per heavy atom. The minimum absolute atomic E-state index is 0.0103. The van der Waals surface area contributed by atoms with Gasteiger partial charge >= 0.3 is 0 Å². The maximum absolute atomic E-state index is 11.5. The second kappa shape index (κ2) is 7.46. The molecule has 2 aliphatic heterocycles. The molecule has 4 rings (SSSR count). The third-order valence-electron chi connectivity index (χ3n) is 6.48. The molecule has 2 N–H and O–H groups in total. The van der Waals surface area contributed by atoms with E-state index in [1.807, 2.05) is 0 Å². The average molecular weight is 341 g/mol. The highest BCUT2D eigenvalue weighted by Gasteiger charge is 2.36. The van der Waals surface area contributed by atoms with Crippen LogP contribution in [0.5, 0.6) is 0 Å². The van der Waals surface area contributed by atoms with E-state index in [1.54, 1.807) is 0 Å². The molecule has 4 nitrogen and oxygen atoms in total. The SMILES string of the molecule is NC(=O)C1CCCN1CC1CC(c2ccc(CN3CCCC3)cc2)C1. The number of carbonyl (C=O) groups excluding carboxylic acids is 1. The molecule has 1 amide bonds. The van der Waals surface area contributed by atoms with Crippen molar-refractivity contribution in [3.8, 4) is 0 Å². The van der Waals surface area contributed by atoms with Gasteiger partial charge in [0.05, 0.1) is 6.04 Å². The fourth-order valence-corrected chi connectivity index (χ4v) is 4.95. The van der Waals surface area contributed by atoms with Gasteiger partial charge in [0.1, 0.15) is 0 Å². The van der Waals surface area contributed by atoms with E-state index in [0.717, 1.165) is 38.4 Å². The van der Waals surface area contributed by atoms with Gasteiger partial charge in [-0.2, -0.15) is 0 Å². The molecule has 136 valence electrons. The van der Waals surface area contributed by atoms with E-state index in [1.165, 1.54) is 49.9 Å². The molecule has 1 aliphatic carbocycles. The van der Waals surface area contributed by atoms with Crippen LogP contribution in [-0.2, 0) is 11.3 Å². The van der Waals surface area contributed by atoms with Crippen molar-refractivity contribution < 1.29 is 4.79 Å². The molecule has 2 saturated heterocycles. The van der Waals surface area contributed by atoms with Gasteiger partial charge in [0, 0.05) is 13.1 Å². The van der Waals surface area contributed by atoms with E-state index in [4.69, 9.17) is 5.73 Å². The number of nitrogens with zero attached hydrogens (tertiary/aromatic N) is 2. The van der Waals surface area contributed by atoms with Crippen molar-refractivity contribution in [2.24, 2.45) is 11.7 Å². The lowest BCUT2D eigenvalue weighted by atomic mass is 9.71. The lowest BCUT2D eigenvalue weighted by Gasteiger charge is -2.39. The fraction of sp³-hybridized carbons (Fsp3) is 0.667. The monoisotopic (exact) mass is 341 g/mol. The van der Waals surface area contributed by atoms with Gasteiger partial charge in [-0.15, -0.1) is 0 Å². The minimum atomic E-state index is -0.137. The maximum Gasteiger partial charge on any atom is 0.234 e. The normalized spacial score (nSPS) is 30.5. The summed E-state index contributed by atoms with van der Waals surface area (Å²) in [6.07, 6.45) is 7.29. The number of nitrogens with two attached hydrogens (primary N) is 1. The van der Waals surface area contributed by atoms with Crippen LogP contribution in [0.25, 0.3) is 0 Å². The number of carbonyl (C=O) groups is 1. The molecule has 2 heterocycles. The van der Waals surface area contributed by atoms with E-state index >= 15 is 0 Å². The highest BCUT2D eigenvalue weighted by atomic mass is 16.1. The Balaban J connectivity index is 1.25. The van der Waals surface area contributed by atoms with E-state index in [2.05, 4.69) is 34.1 Å². The second-order valence-corrected chi connectivity index (χ2v) is 8.31. The molecule has 0 radical (unpaired) electrons. The van der Waals surface area contributed by atoms with Crippen molar-refractivity contribution in [3.05, 3.63) is 35.4 Å². The number of benzene rings is 1. The lowest BCUT2D eigenvalue weighted by Crippen LogP contribution is -2.44. The van der Waals surface area contributed by atoms with Crippen LogP contribution in [0.4, 0.5) is 0 Å². The van der Waals surface area contributed by atoms with Crippen LogP contribution in [-0.4, -0.2) is 47.9 Å². The number of primary amides is 1. The van der Waals surface area contributed by atoms with Crippen LogP contribution in [0, 0.1) is 5.92 Å². The first-order valence-electron chi connectivity index (χ1n) is 10.0. The molecule has 0 spiro atoms. The van der Waals surface area contributed by atoms with Gasteiger partial charge in [0.25, 0.3) is 0 Å². The zero-order chi connectivity index (χ0) is 17.2. The Morgan fingerprint density at radius 3 is 2.44 bits per heavy atom. The lowest BCUT2D eigenvalue weighted by molar-refractivity contribution is -0.122. The van der Waals surface area contributed by atoms with E-state index in [0.29, 0.717) is 5.92 Å². The Labute approximate surface area is 151 Å². The summed E-state index contributed by atoms with van der Waals surface area (Å²) < 4.78 is 0. The van der Waals surface area contributed by atoms with Crippen LogP contribution >= 0.6 is 0 Å². The highest BCUT2D eigenvalue weighted by molar-refractivity contribution is 5.80. The van der Waals surface area contributed by atoms with Gasteiger partial charge in [0.2, 0.25) is 5.91 Å². The molecule has 1 aromatic rings. The van der Waals surface area contributed by atoms with Crippen molar-refractivity contribution in [2.75, 3.05) is 26.2 Å². The molecule has 1 saturated carbocycles. The van der Waals surface area contributed by atoms with Gasteiger partial charge in [0.15, 0.2) is 0 Å². The van der Waals surface area contributed by atoms with E-state index < -0.39 is 0 Å². The zero-order valence-electron chi connectivity index (χ0n) is 15.2. The van der Waals surface area contributed by atoms with E-state index in [9.17, 15) is 4.79 Å². The van der Waals surface area contributed by atoms with Crippen LogP contribution in [0.3, 0.4) is 0 Å². The molecule has 0 bridgehead atoms. The summed E-state index contributed by atoms with van der Waals surface area (Å²) in [6.45, 7) is 5.72. The zero-order valence-corrected chi connectivity index (χ0v) is 15.2. The molecule has 1 atom stereocenters. The summed E-state index contributed by atoms with van der Waals surface area (Å²) in [5.41, 5.74) is 8.47. The van der Waals surface area contributed by atoms with Crippen molar-refractivity contribution in [3.63, 3.8) is 0 Å². The maximum atomic E-state index is 11.5. The van der Waals surface area contributed by atoms with Crippen LogP contribution in [0.1, 0.15) is 55.6 Å². The molecule has 25 heavy (non-hydrogen) atoms. The summed E-state index contributed by atoms with van der Waals surface area (Å²) >= 11 is 0. The molecule has 1 unspecified atom stereocenters. The Bertz CT molecular complexity index is 588. The summed E-state index contributed by atoms with van der Waals surface area (Å²) in [7, 11) is 0. The van der Waals surface area contributed by atoms with E-state index in [-0.39, 0.29) is 11.9 Å². The molecule has 3 fully saturated rings. The van der Waals surface area contributed by atoms with Crippen LogP contribution in [0.15, 0.2) is 24.3 Å². The smallest absolute Gasteiger partial charge is 0.234 e. The van der Waals surface area contributed by atoms with Gasteiger partial charge in [-0.05, 0) is 81.1 Å². The predicted octanol–water partition coefficient (Wildman–Crippen LogP) is 2.73. The third-order valence-corrected chi connectivity index (χ3v) is 6.48. The van der Waals surface area contributed by atoms with Crippen LogP contribution in [0.2, 0.25) is 0 Å². The molecule has 3 aliphatic rings. The Morgan fingerprint density at radius 2 is 1.76 bits per heavy atom. The first-order valence-corrected chi connectivity index (χ1v) is 10.0. The first-order chi connectivity index (χ1) is 12.2. The molecule has 4 heteroatoms. The summed E-state index contributed by atoms with van der Waals surface area (Å²) in [5.74, 6) is 1.30. The van der Waals surface area contributed by atoms with Crippen molar-refractivity contribution in [2.45, 2.75) is 57.0 Å². The van der Waals surface area contributed by atoms with Gasteiger partial charge in [-0.1, -0.05) is 24.3 Å².